The van der Waals surface area contributed by atoms with Gasteiger partial charge in [0.25, 0.3) is 5.91 Å². The molecule has 0 saturated carbocycles. The number of aryl methyl sites for hydroxylation is 3. The second-order valence-electron chi connectivity index (χ2n) is 6.13. The van der Waals surface area contributed by atoms with E-state index in [1.807, 2.05) is 6.92 Å². The van der Waals surface area contributed by atoms with Crippen LogP contribution in [0.2, 0.25) is 0 Å². The highest BCUT2D eigenvalue weighted by atomic mass is 16.5. The minimum Gasteiger partial charge on any atom is -0.459 e. The highest BCUT2D eigenvalue weighted by molar-refractivity contribution is 5.92. The second-order valence-corrected chi connectivity index (χ2v) is 6.13. The van der Waals surface area contributed by atoms with E-state index in [0.717, 1.165) is 41.8 Å². The van der Waals surface area contributed by atoms with E-state index in [1.54, 1.807) is 13.1 Å². The summed E-state index contributed by atoms with van der Waals surface area (Å²) in [4.78, 5) is 16.2. The molecule has 0 atom stereocenters. The van der Waals surface area contributed by atoms with Crippen LogP contribution in [-0.2, 0) is 19.4 Å². The molecule has 0 aromatic carbocycles. The first kappa shape index (κ1) is 20.5. The molecule has 0 aliphatic heterocycles. The molecular weight excluding hydrogens is 346 g/mol. The molecule has 8 nitrogen and oxygen atoms in total. The van der Waals surface area contributed by atoms with Crippen molar-refractivity contribution in [3.8, 4) is 0 Å². The monoisotopic (exact) mass is 375 g/mol. The summed E-state index contributed by atoms with van der Waals surface area (Å²) in [5, 5.41) is 13.5. The van der Waals surface area contributed by atoms with Gasteiger partial charge < -0.3 is 24.9 Å². The van der Waals surface area contributed by atoms with Crippen LogP contribution in [0.5, 0.6) is 0 Å². The third-order valence-corrected chi connectivity index (χ3v) is 4.26. The standard InChI is InChI=1S/C19H29N5O3/c1-5-15-14(16(6-2)27-24-15)12-23-19(20-4)22-10-7-9-21-18(25)17-13(3)8-11-26-17/h8,11H,5-7,9-10,12H2,1-4H3,(H,21,25)(H2,20,22,23). The lowest BCUT2D eigenvalue weighted by molar-refractivity contribution is 0.0925. The zero-order valence-electron chi connectivity index (χ0n) is 16.5. The largest absolute Gasteiger partial charge is 0.459 e. The fraction of sp³-hybridized carbons (Fsp3) is 0.526. The van der Waals surface area contributed by atoms with Gasteiger partial charge in [-0.25, -0.2) is 0 Å². The predicted octanol–water partition coefficient (Wildman–Crippen LogP) is 2.19. The minimum absolute atomic E-state index is 0.188. The number of hydrogen-bond donors (Lipinski definition) is 3. The summed E-state index contributed by atoms with van der Waals surface area (Å²) in [7, 11) is 1.73. The lowest BCUT2D eigenvalue weighted by atomic mass is 10.1. The summed E-state index contributed by atoms with van der Waals surface area (Å²) in [6.45, 7) is 7.81. The van der Waals surface area contributed by atoms with E-state index >= 15 is 0 Å². The Bertz CT molecular complexity index is 742. The third-order valence-electron chi connectivity index (χ3n) is 4.26. The molecule has 1 amide bonds. The van der Waals surface area contributed by atoms with Crippen molar-refractivity contribution in [3.05, 3.63) is 40.7 Å². The van der Waals surface area contributed by atoms with E-state index in [0.29, 0.717) is 31.4 Å². The molecule has 0 saturated heterocycles. The van der Waals surface area contributed by atoms with Crippen molar-refractivity contribution in [2.45, 2.75) is 46.6 Å². The maximum Gasteiger partial charge on any atom is 0.287 e. The van der Waals surface area contributed by atoms with Gasteiger partial charge in [0.2, 0.25) is 0 Å². The molecule has 0 spiro atoms. The number of guanidine groups is 1. The molecule has 2 aromatic heterocycles. The maximum absolute atomic E-state index is 12.0. The molecule has 0 aliphatic rings. The van der Waals surface area contributed by atoms with E-state index in [4.69, 9.17) is 8.94 Å². The average Bonchev–Trinajstić information content (AvgIpc) is 3.29. The number of hydrogen-bond acceptors (Lipinski definition) is 5. The van der Waals surface area contributed by atoms with Crippen LogP contribution in [0.1, 0.15) is 53.4 Å². The third kappa shape index (κ3) is 5.60. The molecule has 0 unspecified atom stereocenters. The van der Waals surface area contributed by atoms with Crippen molar-refractivity contribution in [1.29, 1.82) is 0 Å². The summed E-state index contributed by atoms with van der Waals surface area (Å²) < 4.78 is 10.6. The Kier molecular flexibility index (Phi) is 7.91. The molecule has 0 radical (unpaired) electrons. The normalized spacial score (nSPS) is 11.5. The Morgan fingerprint density at radius 3 is 2.59 bits per heavy atom. The lowest BCUT2D eigenvalue weighted by Gasteiger charge is -2.12. The lowest BCUT2D eigenvalue weighted by Crippen LogP contribution is -2.38. The topological polar surface area (TPSA) is 105 Å². The van der Waals surface area contributed by atoms with Crippen LogP contribution in [0, 0.1) is 6.92 Å². The summed E-state index contributed by atoms with van der Waals surface area (Å²) in [5.41, 5.74) is 2.91. The van der Waals surface area contributed by atoms with Crippen molar-refractivity contribution in [1.82, 2.24) is 21.1 Å². The van der Waals surface area contributed by atoms with Crippen molar-refractivity contribution in [2.75, 3.05) is 20.1 Å². The minimum atomic E-state index is -0.188. The van der Waals surface area contributed by atoms with Crippen molar-refractivity contribution in [2.24, 2.45) is 4.99 Å². The highest BCUT2D eigenvalue weighted by Crippen LogP contribution is 2.15. The van der Waals surface area contributed by atoms with Gasteiger partial charge in [-0.15, -0.1) is 0 Å². The van der Waals surface area contributed by atoms with Crippen molar-refractivity contribution >= 4 is 11.9 Å². The first-order valence-electron chi connectivity index (χ1n) is 9.33. The molecule has 148 valence electrons. The van der Waals surface area contributed by atoms with Crippen LogP contribution in [-0.4, -0.2) is 37.2 Å². The number of rotatable bonds is 9. The van der Waals surface area contributed by atoms with Gasteiger partial charge in [0, 0.05) is 44.2 Å². The molecule has 2 rings (SSSR count). The van der Waals surface area contributed by atoms with Crippen LogP contribution in [0.25, 0.3) is 0 Å². The van der Waals surface area contributed by atoms with Crippen molar-refractivity contribution < 1.29 is 13.7 Å². The number of carbonyl (C=O) groups excluding carboxylic acids is 1. The van der Waals surface area contributed by atoms with Crippen LogP contribution in [0.15, 0.2) is 26.3 Å². The van der Waals surface area contributed by atoms with Gasteiger partial charge in [-0.05, 0) is 25.8 Å². The number of carbonyl (C=O) groups is 1. The smallest absolute Gasteiger partial charge is 0.287 e. The predicted molar refractivity (Wildman–Crippen MR) is 104 cm³/mol. The van der Waals surface area contributed by atoms with Gasteiger partial charge in [0.05, 0.1) is 12.0 Å². The summed E-state index contributed by atoms with van der Waals surface area (Å²) in [6.07, 6.45) is 3.93. The van der Waals surface area contributed by atoms with E-state index in [2.05, 4.69) is 39.9 Å². The second kappa shape index (κ2) is 10.4. The molecule has 2 heterocycles. The van der Waals surface area contributed by atoms with Crippen LogP contribution < -0.4 is 16.0 Å². The molecule has 0 aliphatic carbocycles. The quantitative estimate of drug-likeness (QED) is 0.352. The number of nitrogens with one attached hydrogen (secondary N) is 3. The van der Waals surface area contributed by atoms with E-state index < -0.39 is 0 Å². The number of aliphatic imine (C=N–C) groups is 1. The highest BCUT2D eigenvalue weighted by Gasteiger charge is 2.14. The Morgan fingerprint density at radius 2 is 1.96 bits per heavy atom. The molecule has 3 N–H and O–H groups in total. The first-order valence-corrected chi connectivity index (χ1v) is 9.33. The van der Waals surface area contributed by atoms with E-state index in [9.17, 15) is 4.79 Å². The zero-order chi connectivity index (χ0) is 19.6. The number of aromatic nitrogens is 1. The van der Waals surface area contributed by atoms with Gasteiger partial charge in [0.15, 0.2) is 11.7 Å². The van der Waals surface area contributed by atoms with Gasteiger partial charge in [-0.3, -0.25) is 9.79 Å². The maximum atomic E-state index is 12.0. The van der Waals surface area contributed by atoms with Crippen LogP contribution in [0.3, 0.4) is 0 Å². The van der Waals surface area contributed by atoms with Gasteiger partial charge in [-0.1, -0.05) is 19.0 Å². The van der Waals surface area contributed by atoms with Gasteiger partial charge >= 0.3 is 0 Å². The Morgan fingerprint density at radius 1 is 1.19 bits per heavy atom. The first-order chi connectivity index (χ1) is 13.1. The SMILES string of the molecule is CCc1noc(CC)c1CNC(=NC)NCCCNC(=O)c1occc1C. The van der Waals surface area contributed by atoms with Gasteiger partial charge in [0.1, 0.15) is 5.76 Å². The summed E-state index contributed by atoms with van der Waals surface area (Å²) in [6, 6.07) is 1.77. The number of nitrogens with zero attached hydrogens (tertiary/aromatic N) is 2. The van der Waals surface area contributed by atoms with Gasteiger partial charge in [-0.2, -0.15) is 0 Å². The van der Waals surface area contributed by atoms with Crippen LogP contribution >= 0.6 is 0 Å². The fourth-order valence-electron chi connectivity index (χ4n) is 2.71. The van der Waals surface area contributed by atoms with E-state index in [1.165, 1.54) is 6.26 Å². The average molecular weight is 375 g/mol. The molecule has 0 bridgehead atoms. The summed E-state index contributed by atoms with van der Waals surface area (Å²) in [5.74, 6) is 1.79. The Labute approximate surface area is 159 Å². The summed E-state index contributed by atoms with van der Waals surface area (Å²) >= 11 is 0. The number of amides is 1. The molecular formula is C19H29N5O3. The van der Waals surface area contributed by atoms with Crippen molar-refractivity contribution in [3.63, 3.8) is 0 Å². The molecule has 0 fully saturated rings. The zero-order valence-corrected chi connectivity index (χ0v) is 16.5. The van der Waals surface area contributed by atoms with Crippen LogP contribution in [0.4, 0.5) is 0 Å². The van der Waals surface area contributed by atoms with E-state index in [-0.39, 0.29) is 5.91 Å². The Balaban J connectivity index is 1.71. The number of furan rings is 1. The molecule has 27 heavy (non-hydrogen) atoms. The molecule has 2 aromatic rings. The Hall–Kier alpha value is -2.77. The fourth-order valence-corrected chi connectivity index (χ4v) is 2.71. The molecule has 8 heteroatoms.